The molecule has 1 saturated heterocycles. The van der Waals surface area contributed by atoms with Gasteiger partial charge in [-0.05, 0) is 101 Å². The molecule has 0 aromatic heterocycles. The van der Waals surface area contributed by atoms with Gasteiger partial charge < -0.3 is 33.0 Å². The van der Waals surface area contributed by atoms with Crippen LogP contribution in [-0.2, 0) is 33.7 Å². The van der Waals surface area contributed by atoms with Gasteiger partial charge in [-0.25, -0.2) is 4.79 Å². The van der Waals surface area contributed by atoms with Crippen LogP contribution in [0.15, 0.2) is 35.4 Å². The fraction of sp³-hybridized carbons (Fsp3) is 0.703. The summed E-state index contributed by atoms with van der Waals surface area (Å²) in [5.41, 5.74) is 4.35. The zero-order valence-corrected chi connectivity index (χ0v) is 31.1. The minimum Gasteiger partial charge on any atom is -0.444 e. The fourth-order valence-corrected chi connectivity index (χ4v) is 10.0. The maximum absolute atomic E-state index is 13.8. The molecular formula is C37H55NO7Si. The Kier molecular flexibility index (Phi) is 8.10. The Morgan fingerprint density at radius 2 is 1.87 bits per heavy atom. The summed E-state index contributed by atoms with van der Waals surface area (Å²) in [6.07, 6.45) is 4.81. The molecule has 3 heterocycles. The monoisotopic (exact) mass is 653 g/mol. The largest absolute Gasteiger partial charge is 0.444 e. The first-order valence-corrected chi connectivity index (χ1v) is 19.9. The smallest absolute Gasteiger partial charge is 0.410 e. The van der Waals surface area contributed by atoms with Crippen molar-refractivity contribution < 1.29 is 32.9 Å². The number of benzene rings is 1. The number of hydrogen-bond acceptors (Lipinski definition) is 7. The van der Waals surface area contributed by atoms with Crippen molar-refractivity contribution in [3.8, 4) is 0 Å². The highest BCUT2D eigenvalue weighted by atomic mass is 28.4. The van der Waals surface area contributed by atoms with Crippen LogP contribution < -0.4 is 0 Å². The van der Waals surface area contributed by atoms with Crippen molar-refractivity contribution in [2.75, 3.05) is 33.6 Å². The van der Waals surface area contributed by atoms with E-state index in [-0.39, 0.29) is 36.2 Å². The van der Waals surface area contributed by atoms with E-state index in [0.717, 1.165) is 5.57 Å². The number of rotatable bonds is 6. The van der Waals surface area contributed by atoms with Crippen LogP contribution in [0, 0.1) is 19.3 Å². The molecule has 5 aliphatic rings. The first-order valence-electron chi connectivity index (χ1n) is 17.0. The zero-order valence-electron chi connectivity index (χ0n) is 30.1. The molecule has 1 aromatic rings. The number of carbonyl (C=O) groups is 1. The molecule has 1 spiro atoms. The zero-order chi connectivity index (χ0) is 33.7. The maximum Gasteiger partial charge on any atom is 0.410 e. The highest BCUT2D eigenvalue weighted by Gasteiger charge is 2.75. The molecular weight excluding hydrogens is 598 g/mol. The molecule has 46 heavy (non-hydrogen) atoms. The van der Waals surface area contributed by atoms with Gasteiger partial charge in [-0.1, -0.05) is 39.0 Å². The third-order valence-corrected chi connectivity index (χ3v) is 16.3. The molecule has 1 saturated carbocycles. The van der Waals surface area contributed by atoms with Crippen LogP contribution in [0.5, 0.6) is 0 Å². The minimum atomic E-state index is -2.16. The van der Waals surface area contributed by atoms with E-state index >= 15 is 0 Å². The van der Waals surface area contributed by atoms with E-state index in [2.05, 4.69) is 78.9 Å². The third-order valence-electron chi connectivity index (χ3n) is 11.8. The predicted molar refractivity (Wildman–Crippen MR) is 180 cm³/mol. The molecule has 1 aromatic carbocycles. The van der Waals surface area contributed by atoms with Crippen LogP contribution >= 0.6 is 0 Å². The molecule has 2 aliphatic carbocycles. The van der Waals surface area contributed by atoms with Crippen LogP contribution in [0.3, 0.4) is 0 Å². The SMILES string of the molecule is COCO[C@@H]1C[C@@]23CN(C(=O)OC(C)(C)C)CCO[C@@]2(CC=C3[C@@H](C)O[Si](C)(C)C(C)(C)C)C2=C[C@@H]3O[C@@]21c1c3ccc(C)c1C. The third kappa shape index (κ3) is 4.82. The number of nitrogens with zero attached hydrogens (tertiary/aromatic N) is 1. The summed E-state index contributed by atoms with van der Waals surface area (Å²) in [5.74, 6) is 0. The average molecular weight is 654 g/mol. The molecule has 1 amide bonds. The molecule has 2 bridgehead atoms. The van der Waals surface area contributed by atoms with Crippen molar-refractivity contribution in [1.29, 1.82) is 0 Å². The van der Waals surface area contributed by atoms with Gasteiger partial charge >= 0.3 is 6.09 Å². The van der Waals surface area contributed by atoms with Crippen LogP contribution in [0.4, 0.5) is 4.79 Å². The van der Waals surface area contributed by atoms with Gasteiger partial charge in [-0.3, -0.25) is 0 Å². The lowest BCUT2D eigenvalue weighted by Gasteiger charge is -2.59. The van der Waals surface area contributed by atoms with Crippen LogP contribution in [0.1, 0.15) is 89.7 Å². The normalized spacial score (nSPS) is 32.6. The number of amides is 1. The standard InChI is InChI=1S/C37H55NO7Si/c1-23-13-14-26-28-19-29-36-16-15-27(25(3)45-46(11,12)34(7,8)9)35(36,21-38(17-18-42-36)32(39)44-33(4,5)6)20-30(41-22-40-10)37(29,43-28)31(26)24(23)2/h13-15,19,25,28,30H,16-18,20-22H2,1-12H3/t25-,28+,30-,35+,36+,37+/m1/s1. The number of ether oxygens (including phenoxy) is 5. The van der Waals surface area contributed by atoms with Gasteiger partial charge in [-0.15, -0.1) is 0 Å². The summed E-state index contributed by atoms with van der Waals surface area (Å²) in [5, 5.41) is 0.0402. The molecule has 6 atom stereocenters. The fourth-order valence-electron chi connectivity index (χ4n) is 8.66. The summed E-state index contributed by atoms with van der Waals surface area (Å²) in [7, 11) is -0.497. The number of hydrogen-bond donors (Lipinski definition) is 0. The van der Waals surface area contributed by atoms with Gasteiger partial charge in [0.05, 0.1) is 18.8 Å². The highest BCUT2D eigenvalue weighted by Crippen LogP contribution is 2.72. The van der Waals surface area contributed by atoms with E-state index in [0.29, 0.717) is 32.5 Å². The van der Waals surface area contributed by atoms with Crippen LogP contribution in [-0.4, -0.2) is 76.3 Å². The van der Waals surface area contributed by atoms with Crippen LogP contribution in [0.25, 0.3) is 0 Å². The maximum atomic E-state index is 13.8. The number of carbonyl (C=O) groups excluding carboxylic acids is 1. The molecule has 2 fully saturated rings. The summed E-state index contributed by atoms with van der Waals surface area (Å²) < 4.78 is 39.7. The second-order valence-electron chi connectivity index (χ2n) is 16.6. The lowest BCUT2D eigenvalue weighted by Crippen LogP contribution is -2.66. The topological polar surface area (TPSA) is 75.7 Å². The van der Waals surface area contributed by atoms with E-state index in [1.165, 1.54) is 27.8 Å². The number of aryl methyl sites for hydroxylation is 1. The molecule has 254 valence electrons. The van der Waals surface area contributed by atoms with Gasteiger partial charge in [0.1, 0.15) is 29.7 Å². The molecule has 0 radical (unpaired) electrons. The molecule has 8 nitrogen and oxygen atoms in total. The Morgan fingerprint density at radius 3 is 2.52 bits per heavy atom. The molecule has 0 unspecified atom stereocenters. The molecule has 0 N–H and O–H groups in total. The summed E-state index contributed by atoms with van der Waals surface area (Å²) in [6.45, 7) is 25.1. The van der Waals surface area contributed by atoms with E-state index in [9.17, 15) is 4.79 Å². The second kappa shape index (κ2) is 11.0. The summed E-state index contributed by atoms with van der Waals surface area (Å²) in [4.78, 5) is 15.7. The number of fused-ring (bicyclic) bond motifs is 3. The van der Waals surface area contributed by atoms with Crippen molar-refractivity contribution in [3.63, 3.8) is 0 Å². The highest BCUT2D eigenvalue weighted by molar-refractivity contribution is 6.74. The second-order valence-corrected chi connectivity index (χ2v) is 21.4. The van der Waals surface area contributed by atoms with E-state index in [4.69, 9.17) is 28.1 Å². The lowest BCUT2D eigenvalue weighted by molar-refractivity contribution is -0.219. The van der Waals surface area contributed by atoms with Crippen molar-refractivity contribution in [3.05, 3.63) is 57.7 Å². The van der Waals surface area contributed by atoms with Crippen molar-refractivity contribution in [2.45, 2.75) is 128 Å². The van der Waals surface area contributed by atoms with Gasteiger partial charge in [0, 0.05) is 36.8 Å². The Hall–Kier alpha value is -2.01. The Bertz CT molecular complexity index is 1470. The summed E-state index contributed by atoms with van der Waals surface area (Å²) in [6, 6.07) is 4.40. The van der Waals surface area contributed by atoms with Gasteiger partial charge in [0.15, 0.2) is 8.32 Å². The van der Waals surface area contributed by atoms with Gasteiger partial charge in [0.25, 0.3) is 0 Å². The van der Waals surface area contributed by atoms with Gasteiger partial charge in [-0.2, -0.15) is 0 Å². The minimum absolute atomic E-state index is 0.0402. The number of methoxy groups -OCH3 is 1. The first kappa shape index (κ1) is 33.9. The van der Waals surface area contributed by atoms with Gasteiger partial charge in [0.2, 0.25) is 0 Å². The Balaban J connectivity index is 1.53. The Morgan fingerprint density at radius 1 is 1.15 bits per heavy atom. The molecule has 9 heteroatoms. The van der Waals surface area contributed by atoms with Crippen molar-refractivity contribution in [2.24, 2.45) is 5.41 Å². The first-order chi connectivity index (χ1) is 21.3. The lowest BCUT2D eigenvalue weighted by atomic mass is 9.52. The average Bonchev–Trinajstić information content (AvgIpc) is 3.55. The van der Waals surface area contributed by atoms with E-state index < -0.39 is 30.5 Å². The predicted octanol–water partition coefficient (Wildman–Crippen LogP) is 7.64. The molecule has 3 aliphatic heterocycles. The van der Waals surface area contributed by atoms with Crippen molar-refractivity contribution >= 4 is 14.4 Å². The summed E-state index contributed by atoms with van der Waals surface area (Å²) >= 11 is 0. The van der Waals surface area contributed by atoms with Crippen molar-refractivity contribution in [1.82, 2.24) is 4.90 Å². The Labute approximate surface area is 276 Å². The van der Waals surface area contributed by atoms with E-state index in [1.807, 2.05) is 25.7 Å². The van der Waals surface area contributed by atoms with Crippen LogP contribution in [0.2, 0.25) is 18.1 Å². The molecule has 6 rings (SSSR count). The quantitative estimate of drug-likeness (QED) is 0.178. The van der Waals surface area contributed by atoms with E-state index in [1.54, 1.807) is 7.11 Å².